The van der Waals surface area contributed by atoms with Crippen LogP contribution in [0, 0.1) is 6.07 Å². The Hall–Kier alpha value is -1.84. The summed E-state index contributed by atoms with van der Waals surface area (Å²) in [6.45, 7) is 5.33. The maximum absolute atomic E-state index is 12.3. The Labute approximate surface area is 221 Å². The molecule has 0 heterocycles. The third-order valence-corrected chi connectivity index (χ3v) is 6.72. The van der Waals surface area contributed by atoms with Gasteiger partial charge in [-0.25, -0.2) is 9.59 Å². The second-order valence-corrected chi connectivity index (χ2v) is 10.1. The molecule has 0 spiro atoms. The van der Waals surface area contributed by atoms with Gasteiger partial charge in [0, 0.05) is 0 Å². The van der Waals surface area contributed by atoms with E-state index in [4.69, 9.17) is 9.47 Å². The molecule has 1 radical (unpaired) electrons. The first-order valence-corrected chi connectivity index (χ1v) is 15.0. The molecule has 0 aliphatic carbocycles. The molecular formula is C32H53O4. The summed E-state index contributed by atoms with van der Waals surface area (Å²) in [5, 5.41) is 0. The highest BCUT2D eigenvalue weighted by molar-refractivity contribution is 5.95. The van der Waals surface area contributed by atoms with Crippen molar-refractivity contribution in [3.8, 4) is 0 Å². The predicted molar refractivity (Wildman–Crippen MR) is 150 cm³/mol. The normalized spacial score (nSPS) is 10.9. The molecule has 4 nitrogen and oxygen atoms in total. The molecule has 0 aromatic heterocycles. The van der Waals surface area contributed by atoms with Crippen molar-refractivity contribution in [3.05, 3.63) is 35.4 Å². The highest BCUT2D eigenvalue weighted by atomic mass is 16.5. The van der Waals surface area contributed by atoms with E-state index >= 15 is 0 Å². The van der Waals surface area contributed by atoms with Crippen LogP contribution < -0.4 is 0 Å². The van der Waals surface area contributed by atoms with E-state index in [0.29, 0.717) is 24.3 Å². The molecule has 0 bridgehead atoms. The molecule has 0 N–H and O–H groups in total. The van der Waals surface area contributed by atoms with Gasteiger partial charge >= 0.3 is 11.9 Å². The van der Waals surface area contributed by atoms with Gasteiger partial charge in [-0.1, -0.05) is 129 Å². The van der Waals surface area contributed by atoms with Crippen molar-refractivity contribution in [2.75, 3.05) is 13.2 Å². The van der Waals surface area contributed by atoms with Crippen LogP contribution in [-0.2, 0) is 9.47 Å². The van der Waals surface area contributed by atoms with Crippen molar-refractivity contribution in [2.24, 2.45) is 0 Å². The Balaban J connectivity index is 2.10. The van der Waals surface area contributed by atoms with E-state index in [1.807, 2.05) is 0 Å². The largest absolute Gasteiger partial charge is 0.462 e. The van der Waals surface area contributed by atoms with Crippen LogP contribution in [0.5, 0.6) is 0 Å². The molecule has 1 aromatic rings. The summed E-state index contributed by atoms with van der Waals surface area (Å²) in [5.41, 5.74) is 0.714. The predicted octanol–water partition coefficient (Wildman–Crippen LogP) is 9.64. The highest BCUT2D eigenvalue weighted by Crippen LogP contribution is 2.13. The number of hydrogen-bond acceptors (Lipinski definition) is 4. The SMILES string of the molecule is CCCCCCCCCCCCOC(=O)c1c[c]cc(C(=O)OCCCCCCCCCCCC)c1. The van der Waals surface area contributed by atoms with E-state index in [1.165, 1.54) is 103 Å². The smallest absolute Gasteiger partial charge is 0.338 e. The molecule has 0 aliphatic rings. The summed E-state index contributed by atoms with van der Waals surface area (Å²) >= 11 is 0. The molecule has 0 saturated heterocycles. The number of esters is 2. The third kappa shape index (κ3) is 17.6. The van der Waals surface area contributed by atoms with E-state index in [1.54, 1.807) is 18.2 Å². The third-order valence-electron chi connectivity index (χ3n) is 6.72. The van der Waals surface area contributed by atoms with Crippen LogP contribution >= 0.6 is 0 Å². The van der Waals surface area contributed by atoms with Crippen LogP contribution in [0.1, 0.15) is 163 Å². The Morgan fingerprint density at radius 3 is 1.17 bits per heavy atom. The lowest BCUT2D eigenvalue weighted by Crippen LogP contribution is -2.10. The molecule has 1 rings (SSSR count). The average Bonchev–Trinajstić information content (AvgIpc) is 2.90. The molecule has 0 unspecified atom stereocenters. The Bertz CT molecular complexity index is 617. The Kier molecular flexibility index (Phi) is 21.1. The molecule has 0 saturated carbocycles. The minimum Gasteiger partial charge on any atom is -0.462 e. The minimum atomic E-state index is -0.397. The quantitative estimate of drug-likeness (QED) is 0.104. The first-order valence-electron chi connectivity index (χ1n) is 15.0. The fraction of sp³-hybridized carbons (Fsp3) is 0.750. The van der Waals surface area contributed by atoms with Crippen molar-refractivity contribution in [1.29, 1.82) is 0 Å². The maximum atomic E-state index is 12.3. The van der Waals surface area contributed by atoms with Gasteiger partial charge in [-0.15, -0.1) is 0 Å². The minimum absolute atomic E-state index is 0.357. The molecule has 0 fully saturated rings. The van der Waals surface area contributed by atoms with Crippen LogP contribution in [0.2, 0.25) is 0 Å². The zero-order valence-corrected chi connectivity index (χ0v) is 23.4. The van der Waals surface area contributed by atoms with Gasteiger partial charge in [0.1, 0.15) is 0 Å². The molecule has 0 aliphatic heterocycles. The second-order valence-electron chi connectivity index (χ2n) is 10.1. The summed E-state index contributed by atoms with van der Waals surface area (Å²) < 4.78 is 10.8. The van der Waals surface area contributed by atoms with E-state index in [9.17, 15) is 9.59 Å². The van der Waals surface area contributed by atoms with Crippen molar-refractivity contribution in [3.63, 3.8) is 0 Å². The lowest BCUT2D eigenvalue weighted by Gasteiger charge is -2.08. The first kappa shape index (κ1) is 32.2. The lowest BCUT2D eigenvalue weighted by molar-refractivity contribution is 0.0496. The maximum Gasteiger partial charge on any atom is 0.338 e. The topological polar surface area (TPSA) is 52.6 Å². The van der Waals surface area contributed by atoms with E-state index in [0.717, 1.165) is 25.7 Å². The standard InChI is InChI=1S/C32H53O4/c1-3-5-7-9-11-13-15-17-19-21-26-35-31(33)29-24-23-25-30(28-29)32(34)36-27-22-20-18-16-14-12-10-8-6-4-2/h24-25,28H,3-22,26-27H2,1-2H3. The molecule has 4 heteroatoms. The number of ether oxygens (including phenoxy) is 2. The zero-order valence-electron chi connectivity index (χ0n) is 23.4. The molecule has 0 atom stereocenters. The van der Waals surface area contributed by atoms with Gasteiger partial charge in [0.15, 0.2) is 0 Å². The lowest BCUT2D eigenvalue weighted by atomic mass is 10.1. The number of unbranched alkanes of at least 4 members (excludes halogenated alkanes) is 18. The van der Waals surface area contributed by atoms with Crippen LogP contribution in [0.4, 0.5) is 0 Å². The summed E-state index contributed by atoms with van der Waals surface area (Å²) in [4.78, 5) is 24.7. The van der Waals surface area contributed by atoms with Gasteiger partial charge in [0.05, 0.1) is 24.3 Å². The van der Waals surface area contributed by atoms with Crippen LogP contribution in [0.15, 0.2) is 18.2 Å². The Morgan fingerprint density at radius 2 is 0.833 bits per heavy atom. The summed E-state index contributed by atoms with van der Waals surface area (Å²) in [6, 6.07) is 7.57. The molecular weight excluding hydrogens is 448 g/mol. The second kappa shape index (κ2) is 23.6. The van der Waals surface area contributed by atoms with Crippen LogP contribution in [-0.4, -0.2) is 25.2 Å². The summed E-state index contributed by atoms with van der Waals surface area (Å²) in [7, 11) is 0. The van der Waals surface area contributed by atoms with Gasteiger partial charge < -0.3 is 9.47 Å². The van der Waals surface area contributed by atoms with Crippen LogP contribution in [0.25, 0.3) is 0 Å². The van der Waals surface area contributed by atoms with Gasteiger partial charge in [0.2, 0.25) is 0 Å². The first-order chi connectivity index (χ1) is 17.7. The van der Waals surface area contributed by atoms with Gasteiger partial charge in [-0.3, -0.25) is 0 Å². The number of hydrogen-bond donors (Lipinski definition) is 0. The number of benzene rings is 1. The average molecular weight is 502 g/mol. The van der Waals surface area contributed by atoms with E-state index in [-0.39, 0.29) is 0 Å². The number of carbonyl (C=O) groups is 2. The molecule has 1 aromatic carbocycles. The zero-order chi connectivity index (χ0) is 26.1. The van der Waals surface area contributed by atoms with Crippen molar-refractivity contribution in [2.45, 2.75) is 142 Å². The van der Waals surface area contributed by atoms with Gasteiger partial charge in [-0.05, 0) is 37.1 Å². The van der Waals surface area contributed by atoms with Crippen molar-refractivity contribution >= 4 is 11.9 Å². The summed E-state index contributed by atoms with van der Waals surface area (Å²) in [6.07, 6.45) is 24.9. The molecule has 205 valence electrons. The highest BCUT2D eigenvalue weighted by Gasteiger charge is 2.12. The van der Waals surface area contributed by atoms with Gasteiger partial charge in [0.25, 0.3) is 0 Å². The summed E-state index contributed by atoms with van der Waals surface area (Å²) in [5.74, 6) is -0.793. The van der Waals surface area contributed by atoms with E-state index in [2.05, 4.69) is 19.9 Å². The van der Waals surface area contributed by atoms with Gasteiger partial charge in [-0.2, -0.15) is 0 Å². The molecule has 0 amide bonds. The van der Waals surface area contributed by atoms with Crippen molar-refractivity contribution in [1.82, 2.24) is 0 Å². The fourth-order valence-corrected chi connectivity index (χ4v) is 4.38. The molecule has 36 heavy (non-hydrogen) atoms. The van der Waals surface area contributed by atoms with Crippen LogP contribution in [0.3, 0.4) is 0 Å². The fourth-order valence-electron chi connectivity index (χ4n) is 4.38. The number of rotatable bonds is 24. The Morgan fingerprint density at radius 1 is 0.528 bits per heavy atom. The van der Waals surface area contributed by atoms with Crippen molar-refractivity contribution < 1.29 is 19.1 Å². The number of carbonyl (C=O) groups excluding carboxylic acids is 2. The monoisotopic (exact) mass is 501 g/mol. The van der Waals surface area contributed by atoms with E-state index < -0.39 is 11.9 Å².